The van der Waals surface area contributed by atoms with Gasteiger partial charge in [-0.25, -0.2) is 0 Å². The fourth-order valence-corrected chi connectivity index (χ4v) is 3.75. The average molecular weight is 191 g/mol. The molecule has 1 heterocycles. The SMILES string of the molecule is CSCC(CN)C1CCSC1. The second-order valence-electron chi connectivity index (χ2n) is 3.07. The van der Waals surface area contributed by atoms with E-state index in [1.807, 2.05) is 11.8 Å². The van der Waals surface area contributed by atoms with E-state index >= 15 is 0 Å². The van der Waals surface area contributed by atoms with Gasteiger partial charge in [0.2, 0.25) is 0 Å². The first-order valence-corrected chi connectivity index (χ1v) is 6.70. The first kappa shape index (κ1) is 9.75. The lowest BCUT2D eigenvalue weighted by molar-refractivity contribution is 0.412. The summed E-state index contributed by atoms with van der Waals surface area (Å²) in [5.41, 5.74) is 5.72. The van der Waals surface area contributed by atoms with Crippen molar-refractivity contribution in [2.24, 2.45) is 17.6 Å². The van der Waals surface area contributed by atoms with Crippen LogP contribution in [0.3, 0.4) is 0 Å². The quantitative estimate of drug-likeness (QED) is 0.732. The molecule has 1 fully saturated rings. The summed E-state index contributed by atoms with van der Waals surface area (Å²) < 4.78 is 0. The van der Waals surface area contributed by atoms with Crippen LogP contribution in [0.2, 0.25) is 0 Å². The monoisotopic (exact) mass is 191 g/mol. The van der Waals surface area contributed by atoms with E-state index in [4.69, 9.17) is 5.73 Å². The van der Waals surface area contributed by atoms with E-state index in [1.165, 1.54) is 23.7 Å². The molecule has 1 nitrogen and oxygen atoms in total. The van der Waals surface area contributed by atoms with E-state index in [2.05, 4.69) is 18.0 Å². The maximum atomic E-state index is 5.72. The minimum absolute atomic E-state index is 0.778. The first-order chi connectivity index (χ1) is 5.38. The Labute approximate surface area is 77.9 Å². The summed E-state index contributed by atoms with van der Waals surface area (Å²) in [6, 6.07) is 0. The molecule has 11 heavy (non-hydrogen) atoms. The lowest BCUT2D eigenvalue weighted by Gasteiger charge is -2.19. The number of thioether (sulfide) groups is 2. The van der Waals surface area contributed by atoms with Gasteiger partial charge in [-0.1, -0.05) is 0 Å². The molecule has 0 radical (unpaired) electrons. The van der Waals surface area contributed by atoms with Gasteiger partial charge in [0.05, 0.1) is 0 Å². The van der Waals surface area contributed by atoms with Gasteiger partial charge in [0.1, 0.15) is 0 Å². The zero-order valence-corrected chi connectivity index (χ0v) is 8.72. The fourth-order valence-electron chi connectivity index (χ4n) is 1.54. The van der Waals surface area contributed by atoms with Crippen molar-refractivity contribution in [3.63, 3.8) is 0 Å². The van der Waals surface area contributed by atoms with Crippen LogP contribution >= 0.6 is 23.5 Å². The van der Waals surface area contributed by atoms with Crippen LogP contribution in [-0.2, 0) is 0 Å². The first-order valence-electron chi connectivity index (χ1n) is 4.15. The summed E-state index contributed by atoms with van der Waals surface area (Å²) in [5.74, 6) is 5.65. The highest BCUT2D eigenvalue weighted by Gasteiger charge is 2.23. The van der Waals surface area contributed by atoms with Crippen LogP contribution < -0.4 is 5.73 Å². The third-order valence-electron chi connectivity index (χ3n) is 2.32. The lowest BCUT2D eigenvalue weighted by atomic mass is 9.94. The van der Waals surface area contributed by atoms with Crippen LogP contribution in [-0.4, -0.2) is 30.1 Å². The molecule has 1 aliphatic heterocycles. The summed E-state index contributed by atoms with van der Waals surface area (Å²) in [7, 11) is 0. The third-order valence-corrected chi connectivity index (χ3v) is 4.26. The predicted octanol–water partition coefficient (Wildman–Crippen LogP) is 1.68. The van der Waals surface area contributed by atoms with Crippen LogP contribution in [0.4, 0.5) is 0 Å². The molecule has 1 aliphatic rings. The molecular weight excluding hydrogens is 174 g/mol. The van der Waals surface area contributed by atoms with E-state index < -0.39 is 0 Å². The minimum atomic E-state index is 0.778. The van der Waals surface area contributed by atoms with Gasteiger partial charge in [-0.2, -0.15) is 23.5 Å². The van der Waals surface area contributed by atoms with Gasteiger partial charge in [-0.15, -0.1) is 0 Å². The zero-order valence-electron chi connectivity index (χ0n) is 7.08. The Balaban J connectivity index is 2.27. The van der Waals surface area contributed by atoms with Crippen molar-refractivity contribution in [1.82, 2.24) is 0 Å². The molecule has 66 valence electrons. The van der Waals surface area contributed by atoms with Crippen molar-refractivity contribution < 1.29 is 0 Å². The van der Waals surface area contributed by atoms with E-state index in [-0.39, 0.29) is 0 Å². The van der Waals surface area contributed by atoms with Crippen molar-refractivity contribution in [3.05, 3.63) is 0 Å². The Kier molecular flexibility index (Phi) is 4.72. The number of hydrogen-bond acceptors (Lipinski definition) is 3. The molecule has 0 aromatic carbocycles. The predicted molar refractivity (Wildman–Crippen MR) is 56.4 cm³/mol. The molecule has 1 saturated heterocycles. The van der Waals surface area contributed by atoms with Crippen LogP contribution in [0, 0.1) is 11.8 Å². The van der Waals surface area contributed by atoms with Crippen LogP contribution in [0.15, 0.2) is 0 Å². The van der Waals surface area contributed by atoms with Gasteiger partial charge in [-0.3, -0.25) is 0 Å². The zero-order chi connectivity index (χ0) is 8.10. The van der Waals surface area contributed by atoms with Gasteiger partial charge in [-0.05, 0) is 48.3 Å². The molecule has 2 N–H and O–H groups in total. The van der Waals surface area contributed by atoms with Gasteiger partial charge in [0.25, 0.3) is 0 Å². The summed E-state index contributed by atoms with van der Waals surface area (Å²) in [4.78, 5) is 0. The Morgan fingerprint density at radius 3 is 3.00 bits per heavy atom. The molecule has 0 saturated carbocycles. The highest BCUT2D eigenvalue weighted by atomic mass is 32.2. The summed E-state index contributed by atoms with van der Waals surface area (Å²) in [5, 5.41) is 0. The summed E-state index contributed by atoms with van der Waals surface area (Å²) >= 11 is 4.02. The Morgan fingerprint density at radius 2 is 2.55 bits per heavy atom. The summed E-state index contributed by atoms with van der Waals surface area (Å²) in [6.45, 7) is 0.881. The fraction of sp³-hybridized carbons (Fsp3) is 1.00. The van der Waals surface area contributed by atoms with Crippen LogP contribution in [0.1, 0.15) is 6.42 Å². The normalized spacial score (nSPS) is 27.3. The molecule has 3 heteroatoms. The lowest BCUT2D eigenvalue weighted by Crippen LogP contribution is -2.25. The summed E-state index contributed by atoms with van der Waals surface area (Å²) in [6.07, 6.45) is 3.57. The molecular formula is C8H17NS2. The van der Waals surface area contributed by atoms with Crippen LogP contribution in [0.5, 0.6) is 0 Å². The van der Waals surface area contributed by atoms with Crippen molar-refractivity contribution in [3.8, 4) is 0 Å². The Hall–Kier alpha value is 0.660. The van der Waals surface area contributed by atoms with Gasteiger partial charge in [0.15, 0.2) is 0 Å². The van der Waals surface area contributed by atoms with E-state index in [1.54, 1.807) is 0 Å². The third kappa shape index (κ3) is 2.88. The van der Waals surface area contributed by atoms with Gasteiger partial charge in [0, 0.05) is 0 Å². The number of rotatable bonds is 4. The van der Waals surface area contributed by atoms with Crippen molar-refractivity contribution in [2.45, 2.75) is 6.42 Å². The highest BCUT2D eigenvalue weighted by molar-refractivity contribution is 7.99. The highest BCUT2D eigenvalue weighted by Crippen LogP contribution is 2.30. The maximum Gasteiger partial charge on any atom is -0.00269 e. The second kappa shape index (κ2) is 5.33. The molecule has 2 unspecified atom stereocenters. The molecule has 0 bridgehead atoms. The molecule has 0 aromatic rings. The minimum Gasteiger partial charge on any atom is -0.330 e. The second-order valence-corrected chi connectivity index (χ2v) is 5.14. The smallest absolute Gasteiger partial charge is 0.00269 e. The van der Waals surface area contributed by atoms with E-state index in [0.717, 1.165) is 18.4 Å². The number of nitrogens with two attached hydrogens (primary N) is 1. The molecule has 0 aliphatic carbocycles. The Morgan fingerprint density at radius 1 is 1.73 bits per heavy atom. The van der Waals surface area contributed by atoms with Crippen LogP contribution in [0.25, 0.3) is 0 Å². The topological polar surface area (TPSA) is 26.0 Å². The average Bonchev–Trinajstić information content (AvgIpc) is 2.52. The maximum absolute atomic E-state index is 5.72. The number of hydrogen-bond donors (Lipinski definition) is 1. The van der Waals surface area contributed by atoms with Crippen molar-refractivity contribution >= 4 is 23.5 Å². The Bertz CT molecular complexity index is 102. The largest absolute Gasteiger partial charge is 0.330 e. The van der Waals surface area contributed by atoms with Gasteiger partial charge >= 0.3 is 0 Å². The molecule has 2 atom stereocenters. The standard InChI is InChI=1S/C8H17NS2/c1-10-5-8(4-9)7-2-3-11-6-7/h7-8H,2-6,9H2,1H3. The molecule has 0 amide bonds. The molecule has 0 aromatic heterocycles. The molecule has 1 rings (SSSR count). The van der Waals surface area contributed by atoms with Gasteiger partial charge < -0.3 is 5.73 Å². The van der Waals surface area contributed by atoms with E-state index in [9.17, 15) is 0 Å². The molecule has 0 spiro atoms. The van der Waals surface area contributed by atoms with E-state index in [0.29, 0.717) is 0 Å². The van der Waals surface area contributed by atoms with Crippen molar-refractivity contribution in [2.75, 3.05) is 30.1 Å². The van der Waals surface area contributed by atoms with Crippen molar-refractivity contribution in [1.29, 1.82) is 0 Å².